The summed E-state index contributed by atoms with van der Waals surface area (Å²) in [5.41, 5.74) is 1.61. The topological polar surface area (TPSA) is 120 Å². The van der Waals surface area contributed by atoms with Crippen molar-refractivity contribution in [1.82, 2.24) is 4.90 Å². The molecule has 3 aliphatic heterocycles. The van der Waals surface area contributed by atoms with Crippen molar-refractivity contribution in [1.29, 1.82) is 0 Å². The van der Waals surface area contributed by atoms with Crippen molar-refractivity contribution in [2.24, 2.45) is 5.92 Å². The highest BCUT2D eigenvalue weighted by molar-refractivity contribution is 6.71. The Morgan fingerprint density at radius 1 is 0.920 bits per heavy atom. The van der Waals surface area contributed by atoms with E-state index in [1.54, 1.807) is 39.9 Å². The van der Waals surface area contributed by atoms with E-state index in [2.05, 4.69) is 0 Å². The lowest BCUT2D eigenvalue weighted by Gasteiger charge is -2.32. The maximum atomic E-state index is 14.5. The van der Waals surface area contributed by atoms with E-state index < -0.39 is 31.5 Å². The van der Waals surface area contributed by atoms with E-state index in [-0.39, 0.29) is 37.3 Å². The van der Waals surface area contributed by atoms with Gasteiger partial charge in [-0.15, -0.1) is 0 Å². The second kappa shape index (κ2) is 12.8. The van der Waals surface area contributed by atoms with Gasteiger partial charge in [-0.2, -0.15) is 0 Å². The summed E-state index contributed by atoms with van der Waals surface area (Å²) in [5, 5.41) is 9.83. The lowest BCUT2D eigenvalue weighted by Crippen LogP contribution is -2.45. The number of amides is 3. The highest BCUT2D eigenvalue weighted by Gasteiger charge is 2.66. The van der Waals surface area contributed by atoms with E-state index in [4.69, 9.17) is 9.47 Å². The van der Waals surface area contributed by atoms with Gasteiger partial charge in [0.1, 0.15) is 5.75 Å². The highest BCUT2D eigenvalue weighted by Crippen LogP contribution is 2.60. The Hall–Kier alpha value is -4.81. The molecule has 0 bridgehead atoms. The molecule has 2 N–H and O–H groups in total. The first-order valence-corrected chi connectivity index (χ1v) is 19.9. The van der Waals surface area contributed by atoms with Crippen LogP contribution in [0, 0.1) is 5.92 Å². The van der Waals surface area contributed by atoms with Crippen molar-refractivity contribution in [3.05, 3.63) is 114 Å². The van der Waals surface area contributed by atoms with Crippen molar-refractivity contribution in [2.75, 3.05) is 30.0 Å². The molecule has 11 heteroatoms. The number of hydrogen-bond acceptors (Lipinski definition) is 7. The molecule has 50 heavy (non-hydrogen) atoms. The molecule has 4 atom stereocenters. The van der Waals surface area contributed by atoms with Crippen molar-refractivity contribution >= 4 is 43.1 Å². The average Bonchev–Trinajstić information content (AvgIpc) is 3.45. The second-order valence-corrected chi connectivity index (χ2v) is 17.8. The second-order valence-electron chi connectivity index (χ2n) is 13.9. The molecule has 258 valence electrons. The van der Waals surface area contributed by atoms with E-state index >= 15 is 0 Å². The molecule has 1 saturated heterocycles. The van der Waals surface area contributed by atoms with E-state index in [0.29, 0.717) is 46.2 Å². The fraction of sp³-hybridized carbons (Fsp3) is 0.308. The highest BCUT2D eigenvalue weighted by atomic mass is 28.4. The van der Waals surface area contributed by atoms with Gasteiger partial charge in [0.05, 0.1) is 36.1 Å². The Bertz CT molecular complexity index is 1960. The molecule has 4 aromatic rings. The minimum Gasteiger partial charge on any atom is -0.454 e. The van der Waals surface area contributed by atoms with Crippen LogP contribution in [-0.2, 0) is 26.5 Å². The van der Waals surface area contributed by atoms with Crippen LogP contribution in [0.15, 0.2) is 97.1 Å². The molecule has 0 aromatic heterocycles. The van der Waals surface area contributed by atoms with Crippen LogP contribution in [0.3, 0.4) is 0 Å². The Morgan fingerprint density at radius 2 is 1.60 bits per heavy atom. The van der Waals surface area contributed by atoms with Crippen molar-refractivity contribution in [3.8, 4) is 11.5 Å². The van der Waals surface area contributed by atoms with Gasteiger partial charge in [-0.3, -0.25) is 19.3 Å². The van der Waals surface area contributed by atoms with Crippen LogP contribution in [0.5, 0.6) is 11.5 Å². The number of aliphatic hydroxyl groups is 1. The molecule has 3 heterocycles. The first-order valence-electron chi connectivity index (χ1n) is 16.9. The third kappa shape index (κ3) is 5.50. The molecular weight excluding hydrogens is 651 g/mol. The van der Waals surface area contributed by atoms with Gasteiger partial charge in [-0.1, -0.05) is 61.5 Å². The third-order valence-electron chi connectivity index (χ3n) is 10.3. The largest absolute Gasteiger partial charge is 0.454 e. The van der Waals surface area contributed by atoms with Crippen molar-refractivity contribution in [2.45, 2.75) is 50.2 Å². The molecule has 0 saturated carbocycles. The first-order chi connectivity index (χ1) is 24.0. The van der Waals surface area contributed by atoms with E-state index in [1.165, 1.54) is 0 Å². The van der Waals surface area contributed by atoms with Crippen molar-refractivity contribution < 1.29 is 33.8 Å². The number of fused-ring (bicyclic) bond motifs is 4. The third-order valence-corrected chi connectivity index (χ3v) is 12.8. The Kier molecular flexibility index (Phi) is 8.63. The van der Waals surface area contributed by atoms with Gasteiger partial charge in [0, 0.05) is 42.8 Å². The van der Waals surface area contributed by atoms with E-state index in [1.807, 2.05) is 98.9 Å². The lowest BCUT2D eigenvalue weighted by atomic mass is 9.82. The van der Waals surface area contributed by atoms with Gasteiger partial charge in [0.2, 0.25) is 5.91 Å². The summed E-state index contributed by atoms with van der Waals surface area (Å²) in [7, 11) is -1.36. The zero-order valence-corrected chi connectivity index (χ0v) is 29.6. The number of hydrogen-bond donors (Lipinski definition) is 2. The molecular formula is C39H41N3O7Si. The van der Waals surface area contributed by atoms with Crippen LogP contribution in [0.1, 0.15) is 34.8 Å². The van der Waals surface area contributed by atoms with Gasteiger partial charge < -0.3 is 29.2 Å². The van der Waals surface area contributed by atoms with Crippen LogP contribution in [0.4, 0.5) is 17.1 Å². The Balaban J connectivity index is 1.30. The molecule has 7 rings (SSSR count). The summed E-state index contributed by atoms with van der Waals surface area (Å²) in [6.07, 6.45) is -0.840. The number of ether oxygens (including phenoxy) is 2. The smallest absolute Gasteiger partial charge is 0.266 e. The zero-order chi connectivity index (χ0) is 35.4. The number of nitrogens with zero attached hydrogens (tertiary/aromatic N) is 3. The summed E-state index contributed by atoms with van der Waals surface area (Å²) in [5.74, 6) is -0.364. The molecule has 3 aliphatic rings. The summed E-state index contributed by atoms with van der Waals surface area (Å²) in [4.78, 5) is 59.1. The van der Waals surface area contributed by atoms with Gasteiger partial charge in [-0.25, -0.2) is 0 Å². The van der Waals surface area contributed by atoms with Crippen LogP contribution >= 0.6 is 0 Å². The molecule has 3 amide bonds. The summed E-state index contributed by atoms with van der Waals surface area (Å²) >= 11 is 0. The van der Waals surface area contributed by atoms with Crippen LogP contribution in [0.2, 0.25) is 18.6 Å². The Morgan fingerprint density at radius 3 is 2.32 bits per heavy atom. The van der Waals surface area contributed by atoms with Gasteiger partial charge in [0.25, 0.3) is 11.8 Å². The zero-order valence-electron chi connectivity index (χ0n) is 28.6. The SMILES string of the molecule is C[C@@H]1[C@@H]([Si](C)(C)O)[C@H](CC(=O)N(CCO)Cc2ccccc2)O[C@@]12C(=O)N(C)c1ccc(N3C(=O)c4ccccc4Oc4ccccc43)cc12. The number of rotatable bonds is 8. The molecule has 1 fully saturated rings. The number of aliphatic hydroxyl groups excluding tert-OH is 1. The number of para-hydroxylation sites is 3. The average molecular weight is 692 g/mol. The predicted molar refractivity (Wildman–Crippen MR) is 192 cm³/mol. The van der Waals surface area contributed by atoms with Gasteiger partial charge >= 0.3 is 0 Å². The van der Waals surface area contributed by atoms with Crippen LogP contribution in [0.25, 0.3) is 0 Å². The van der Waals surface area contributed by atoms with Gasteiger partial charge in [-0.05, 0) is 61.1 Å². The predicted octanol–water partition coefficient (Wildman–Crippen LogP) is 5.96. The summed E-state index contributed by atoms with van der Waals surface area (Å²) in [6, 6.07) is 29.4. The normalized spacial score (nSPS) is 22.6. The standard InChI is InChI=1S/C39H41N3O7Si/c1-25-36(50(3,4)47)34(23-35(44)41(20-21-43)24-26-12-6-5-7-13-26)49-39(25)29-22-27(18-19-30(29)40(2)38(39)46)42-31-15-9-11-17-33(31)48-32-16-10-8-14-28(32)37(42)45/h5-19,22,25,34,36,43,47H,20-21,23-24H2,1-4H3/t25-,34+,36-,39+/m1/s1. The fourth-order valence-corrected chi connectivity index (χ4v) is 10.6. The maximum absolute atomic E-state index is 14.5. The molecule has 0 aliphatic carbocycles. The molecule has 4 aromatic carbocycles. The van der Waals surface area contributed by atoms with Gasteiger partial charge in [0.15, 0.2) is 19.7 Å². The molecule has 10 nitrogen and oxygen atoms in total. The van der Waals surface area contributed by atoms with Crippen LogP contribution in [-0.4, -0.2) is 67.1 Å². The minimum atomic E-state index is -3.06. The fourth-order valence-electron chi connectivity index (χ4n) is 8.09. The first kappa shape index (κ1) is 33.7. The van der Waals surface area contributed by atoms with Crippen molar-refractivity contribution in [3.63, 3.8) is 0 Å². The molecule has 1 spiro atoms. The minimum absolute atomic E-state index is 0.0707. The number of benzene rings is 4. The number of likely N-dealkylation sites (N-methyl/N-ethyl adjacent to an activating group) is 1. The Labute approximate surface area is 292 Å². The molecule has 0 radical (unpaired) electrons. The van der Waals surface area contributed by atoms with E-state index in [9.17, 15) is 24.3 Å². The van der Waals surface area contributed by atoms with Crippen LogP contribution < -0.4 is 14.5 Å². The maximum Gasteiger partial charge on any atom is 0.266 e. The van der Waals surface area contributed by atoms with E-state index in [0.717, 1.165) is 5.56 Å². The monoisotopic (exact) mass is 691 g/mol. The summed E-state index contributed by atoms with van der Waals surface area (Å²) < 4.78 is 13.1. The number of carbonyl (C=O) groups excluding carboxylic acids is 3. The summed E-state index contributed by atoms with van der Waals surface area (Å²) in [6.45, 7) is 5.78. The lowest BCUT2D eigenvalue weighted by molar-refractivity contribution is -0.149. The quantitative estimate of drug-likeness (QED) is 0.219. The molecule has 0 unspecified atom stereocenters. The number of carbonyl (C=O) groups is 3. The number of anilines is 3.